The van der Waals surface area contributed by atoms with Crippen LogP contribution in [0.2, 0.25) is 0 Å². The summed E-state index contributed by atoms with van der Waals surface area (Å²) in [5.41, 5.74) is 3.37. The van der Waals surface area contributed by atoms with Crippen molar-refractivity contribution >= 4 is 5.91 Å². The van der Waals surface area contributed by atoms with Gasteiger partial charge in [0.15, 0.2) is 5.69 Å². The second-order valence-electron chi connectivity index (χ2n) is 9.30. The lowest BCUT2D eigenvalue weighted by atomic mass is 9.88. The van der Waals surface area contributed by atoms with Crippen molar-refractivity contribution in [3.8, 4) is 11.1 Å². The molecule has 0 spiro atoms. The number of aryl methyl sites for hydroxylation is 3. The molecule has 5 rings (SSSR count). The van der Waals surface area contributed by atoms with Crippen LogP contribution in [0, 0.1) is 13.8 Å². The number of carbonyl (C=O) groups is 1. The van der Waals surface area contributed by atoms with Crippen LogP contribution < -0.4 is 0 Å². The van der Waals surface area contributed by atoms with Gasteiger partial charge in [0, 0.05) is 56.4 Å². The summed E-state index contributed by atoms with van der Waals surface area (Å²) in [6, 6.07) is 11.5. The van der Waals surface area contributed by atoms with E-state index >= 15 is 0 Å². The summed E-state index contributed by atoms with van der Waals surface area (Å²) in [7, 11) is 1.47. The Hall–Kier alpha value is -3.88. The first-order chi connectivity index (χ1) is 17.1. The number of rotatable bonds is 5. The number of imidazole rings is 1. The molecule has 0 fully saturated rings. The number of halogens is 3. The Morgan fingerprint density at radius 2 is 1.78 bits per heavy atom. The van der Waals surface area contributed by atoms with Crippen molar-refractivity contribution in [2.75, 3.05) is 6.54 Å². The maximum absolute atomic E-state index is 13.9. The monoisotopic (exact) mass is 493 g/mol. The molecule has 186 valence electrons. The van der Waals surface area contributed by atoms with E-state index < -0.39 is 11.9 Å². The van der Waals surface area contributed by atoms with Gasteiger partial charge in [-0.15, -0.1) is 0 Å². The average molecular weight is 494 g/mol. The first-order valence-electron chi connectivity index (χ1n) is 11.7. The summed E-state index contributed by atoms with van der Waals surface area (Å²) < 4.78 is 44.7. The summed E-state index contributed by atoms with van der Waals surface area (Å²) in [5, 5.41) is 3.71. The molecular weight excluding hydrogens is 467 g/mol. The highest BCUT2D eigenvalue weighted by Crippen LogP contribution is 2.40. The molecule has 0 saturated heterocycles. The SMILES string of the molecule is Cc1cccc(CN2CCc3c(cc(Cn4ccnc4C)cc3-c3cn(C)nc3C(F)(F)F)C2=O)c1. The summed E-state index contributed by atoms with van der Waals surface area (Å²) in [6.45, 7) is 5.12. The van der Waals surface area contributed by atoms with Crippen LogP contribution in [0.3, 0.4) is 0 Å². The Morgan fingerprint density at radius 1 is 1.00 bits per heavy atom. The third kappa shape index (κ3) is 4.53. The number of hydrogen-bond donors (Lipinski definition) is 0. The van der Waals surface area contributed by atoms with Gasteiger partial charge in [-0.05, 0) is 54.7 Å². The average Bonchev–Trinajstić information content (AvgIpc) is 3.41. The van der Waals surface area contributed by atoms with E-state index in [0.717, 1.165) is 22.5 Å². The second kappa shape index (κ2) is 8.96. The quantitative estimate of drug-likeness (QED) is 0.386. The van der Waals surface area contributed by atoms with Gasteiger partial charge in [-0.1, -0.05) is 29.8 Å². The number of nitrogens with zero attached hydrogens (tertiary/aromatic N) is 5. The number of alkyl halides is 3. The molecule has 9 heteroatoms. The topological polar surface area (TPSA) is 56.0 Å². The van der Waals surface area contributed by atoms with Crippen molar-refractivity contribution in [3.63, 3.8) is 0 Å². The van der Waals surface area contributed by atoms with Gasteiger partial charge in [0.1, 0.15) is 5.82 Å². The van der Waals surface area contributed by atoms with E-state index in [9.17, 15) is 18.0 Å². The fourth-order valence-electron chi connectivity index (χ4n) is 4.89. The largest absolute Gasteiger partial charge is 0.435 e. The molecule has 0 atom stereocenters. The molecule has 36 heavy (non-hydrogen) atoms. The van der Waals surface area contributed by atoms with Crippen molar-refractivity contribution in [2.24, 2.45) is 7.05 Å². The molecule has 0 radical (unpaired) electrons. The third-order valence-corrected chi connectivity index (χ3v) is 6.58. The van der Waals surface area contributed by atoms with Crippen molar-refractivity contribution in [2.45, 2.75) is 39.5 Å². The Morgan fingerprint density at radius 3 is 2.47 bits per heavy atom. The van der Waals surface area contributed by atoms with E-state index in [2.05, 4.69) is 10.1 Å². The third-order valence-electron chi connectivity index (χ3n) is 6.58. The van der Waals surface area contributed by atoms with E-state index in [1.54, 1.807) is 17.2 Å². The summed E-state index contributed by atoms with van der Waals surface area (Å²) in [5.74, 6) is 0.597. The zero-order valence-corrected chi connectivity index (χ0v) is 20.3. The number of amides is 1. The first-order valence-corrected chi connectivity index (χ1v) is 11.7. The molecule has 3 heterocycles. The van der Waals surface area contributed by atoms with Crippen LogP contribution in [0.1, 0.15) is 44.1 Å². The predicted octanol–water partition coefficient (Wildman–Crippen LogP) is 5.17. The second-order valence-corrected chi connectivity index (χ2v) is 9.30. The molecule has 0 unspecified atom stereocenters. The molecule has 4 aromatic rings. The fourth-order valence-corrected chi connectivity index (χ4v) is 4.89. The predicted molar refractivity (Wildman–Crippen MR) is 129 cm³/mol. The molecule has 0 N–H and O–H groups in total. The molecule has 1 aliphatic rings. The van der Waals surface area contributed by atoms with Gasteiger partial charge in [-0.25, -0.2) is 4.98 Å². The molecule has 0 aliphatic carbocycles. The van der Waals surface area contributed by atoms with E-state index in [1.807, 2.05) is 54.9 Å². The number of fused-ring (bicyclic) bond motifs is 1. The van der Waals surface area contributed by atoms with E-state index in [4.69, 9.17) is 0 Å². The van der Waals surface area contributed by atoms with Crippen molar-refractivity contribution in [1.29, 1.82) is 0 Å². The van der Waals surface area contributed by atoms with Crippen molar-refractivity contribution in [1.82, 2.24) is 24.2 Å². The van der Waals surface area contributed by atoms with Crippen LogP contribution in [-0.4, -0.2) is 36.7 Å². The normalized spacial score (nSPS) is 13.8. The minimum absolute atomic E-state index is 0.00890. The van der Waals surface area contributed by atoms with Gasteiger partial charge >= 0.3 is 6.18 Å². The molecule has 0 saturated carbocycles. The lowest BCUT2D eigenvalue weighted by Gasteiger charge is -2.31. The van der Waals surface area contributed by atoms with Gasteiger partial charge in [0.05, 0.1) is 0 Å². The standard InChI is InChI=1S/C27H26F3N5O/c1-17-5-4-6-19(11-17)14-35-9-7-21-22(24-16-33(3)32-25(24)27(28,29)30)12-20(13-23(21)26(35)36)15-34-10-8-31-18(34)2/h4-6,8,10-13,16H,7,9,14-15H2,1-3H3. The van der Waals surface area contributed by atoms with Gasteiger partial charge in [-0.3, -0.25) is 9.48 Å². The Bertz CT molecular complexity index is 1450. The zero-order valence-electron chi connectivity index (χ0n) is 20.3. The summed E-state index contributed by atoms with van der Waals surface area (Å²) in [6.07, 6.45) is 0.709. The Kier molecular flexibility index (Phi) is 5.94. The van der Waals surface area contributed by atoms with Crippen molar-refractivity contribution < 1.29 is 18.0 Å². The van der Waals surface area contributed by atoms with Crippen molar-refractivity contribution in [3.05, 3.63) is 94.3 Å². The minimum atomic E-state index is -4.61. The number of carbonyl (C=O) groups excluding carboxylic acids is 1. The van der Waals surface area contributed by atoms with E-state index in [0.29, 0.717) is 42.7 Å². The fraction of sp³-hybridized carbons (Fsp3) is 0.296. The summed E-state index contributed by atoms with van der Waals surface area (Å²) in [4.78, 5) is 19.7. The van der Waals surface area contributed by atoms with Gasteiger partial charge in [-0.2, -0.15) is 18.3 Å². The van der Waals surface area contributed by atoms with Crippen LogP contribution in [-0.2, 0) is 32.7 Å². The number of aromatic nitrogens is 4. The lowest BCUT2D eigenvalue weighted by molar-refractivity contribution is -0.140. The molecular formula is C27H26F3N5O. The molecule has 1 aliphatic heterocycles. The molecule has 1 amide bonds. The zero-order chi connectivity index (χ0) is 25.6. The summed E-state index contributed by atoms with van der Waals surface area (Å²) >= 11 is 0. The van der Waals surface area contributed by atoms with Crippen LogP contribution in [0.15, 0.2) is 55.0 Å². The maximum atomic E-state index is 13.9. The molecule has 6 nitrogen and oxygen atoms in total. The smallest absolute Gasteiger partial charge is 0.334 e. The van der Waals surface area contributed by atoms with E-state index in [1.165, 1.54) is 17.9 Å². The van der Waals surface area contributed by atoms with Crippen LogP contribution in [0.4, 0.5) is 13.2 Å². The lowest BCUT2D eigenvalue weighted by Crippen LogP contribution is -2.37. The highest BCUT2D eigenvalue weighted by atomic mass is 19.4. The highest BCUT2D eigenvalue weighted by molar-refractivity contribution is 5.99. The molecule has 2 aromatic heterocycles. The van der Waals surface area contributed by atoms with E-state index in [-0.39, 0.29) is 11.5 Å². The number of benzene rings is 2. The molecule has 2 aromatic carbocycles. The van der Waals surface area contributed by atoms with Crippen LogP contribution in [0.25, 0.3) is 11.1 Å². The highest BCUT2D eigenvalue weighted by Gasteiger charge is 2.39. The minimum Gasteiger partial charge on any atom is -0.334 e. The Labute approximate surface area is 207 Å². The maximum Gasteiger partial charge on any atom is 0.435 e. The first kappa shape index (κ1) is 23.8. The molecule has 0 bridgehead atoms. The van der Waals surface area contributed by atoms with Gasteiger partial charge in [0.25, 0.3) is 5.91 Å². The number of hydrogen-bond acceptors (Lipinski definition) is 3. The van der Waals surface area contributed by atoms with Crippen LogP contribution >= 0.6 is 0 Å². The van der Waals surface area contributed by atoms with Crippen LogP contribution in [0.5, 0.6) is 0 Å². The Balaban J connectivity index is 1.61. The van der Waals surface area contributed by atoms with Gasteiger partial charge in [0.2, 0.25) is 0 Å². The van der Waals surface area contributed by atoms with Gasteiger partial charge < -0.3 is 9.47 Å².